The van der Waals surface area contributed by atoms with Gasteiger partial charge in [0.05, 0.1) is 5.00 Å². The van der Waals surface area contributed by atoms with Crippen molar-refractivity contribution in [2.75, 3.05) is 5.32 Å². The van der Waals surface area contributed by atoms with Crippen LogP contribution >= 0.6 is 11.3 Å². The summed E-state index contributed by atoms with van der Waals surface area (Å²) < 4.78 is 0. The van der Waals surface area contributed by atoms with Crippen LogP contribution in [0.3, 0.4) is 0 Å². The van der Waals surface area contributed by atoms with Crippen molar-refractivity contribution in [1.82, 2.24) is 4.98 Å². The van der Waals surface area contributed by atoms with E-state index in [2.05, 4.69) is 36.3 Å². The maximum Gasteiger partial charge on any atom is 0.125 e. The average molecular weight is 192 g/mol. The van der Waals surface area contributed by atoms with Crippen molar-refractivity contribution in [1.29, 1.82) is 0 Å². The lowest BCUT2D eigenvalue weighted by molar-refractivity contribution is 0.905. The summed E-state index contributed by atoms with van der Waals surface area (Å²) in [5.74, 6) is 0. The quantitative estimate of drug-likeness (QED) is 0.790. The van der Waals surface area contributed by atoms with E-state index in [0.717, 1.165) is 4.83 Å². The number of nitrogens with zero attached hydrogens (tertiary/aromatic N) is 1. The third kappa shape index (κ3) is 1.80. The van der Waals surface area contributed by atoms with E-state index in [1.807, 2.05) is 12.3 Å². The van der Waals surface area contributed by atoms with E-state index in [9.17, 15) is 0 Å². The van der Waals surface area contributed by atoms with Gasteiger partial charge in [-0.25, -0.2) is 4.98 Å². The fraction of sp³-hybridized carbons (Fsp3) is 0.300. The largest absolute Gasteiger partial charge is 0.375 e. The molecule has 0 unspecified atom stereocenters. The highest BCUT2D eigenvalue weighted by atomic mass is 32.1. The molecule has 3 heteroatoms. The first-order valence-electron chi connectivity index (χ1n) is 4.37. The normalized spacial score (nSPS) is 11.0. The van der Waals surface area contributed by atoms with Gasteiger partial charge in [0, 0.05) is 17.6 Å². The summed E-state index contributed by atoms with van der Waals surface area (Å²) in [4.78, 5) is 5.39. The fourth-order valence-corrected chi connectivity index (χ4v) is 2.28. The maximum atomic E-state index is 4.29. The van der Waals surface area contributed by atoms with E-state index in [1.54, 1.807) is 11.3 Å². The fourth-order valence-electron chi connectivity index (χ4n) is 1.23. The zero-order chi connectivity index (χ0) is 9.26. The van der Waals surface area contributed by atoms with Crippen LogP contribution < -0.4 is 5.32 Å². The predicted molar refractivity (Wildman–Crippen MR) is 58.4 cm³/mol. The van der Waals surface area contributed by atoms with Gasteiger partial charge in [0.15, 0.2) is 0 Å². The molecule has 0 aliphatic heterocycles. The lowest BCUT2D eigenvalue weighted by Crippen LogP contribution is -2.07. The molecule has 68 valence electrons. The van der Waals surface area contributed by atoms with Gasteiger partial charge in [-0.2, -0.15) is 0 Å². The van der Waals surface area contributed by atoms with E-state index >= 15 is 0 Å². The Morgan fingerprint density at radius 2 is 2.31 bits per heavy atom. The van der Waals surface area contributed by atoms with Crippen LogP contribution in [0.1, 0.15) is 13.8 Å². The first-order valence-corrected chi connectivity index (χ1v) is 5.18. The molecule has 0 bridgehead atoms. The highest BCUT2D eigenvalue weighted by molar-refractivity contribution is 7.22. The maximum absolute atomic E-state index is 4.29. The molecule has 2 nitrogen and oxygen atoms in total. The minimum Gasteiger partial charge on any atom is -0.375 e. The second-order valence-corrected chi connectivity index (χ2v) is 4.34. The van der Waals surface area contributed by atoms with Crippen LogP contribution in [0.25, 0.3) is 10.2 Å². The molecule has 2 aromatic heterocycles. The molecular weight excluding hydrogens is 180 g/mol. The molecule has 0 saturated heterocycles. The predicted octanol–water partition coefficient (Wildman–Crippen LogP) is 3.12. The molecule has 2 aromatic rings. The van der Waals surface area contributed by atoms with Gasteiger partial charge in [0.1, 0.15) is 4.83 Å². The van der Waals surface area contributed by atoms with Crippen LogP contribution in [-0.4, -0.2) is 11.0 Å². The second kappa shape index (κ2) is 3.34. The first kappa shape index (κ1) is 8.51. The van der Waals surface area contributed by atoms with Gasteiger partial charge in [-0.3, -0.25) is 0 Å². The molecule has 13 heavy (non-hydrogen) atoms. The van der Waals surface area contributed by atoms with E-state index in [1.165, 1.54) is 10.4 Å². The number of nitrogens with one attached hydrogen (secondary N) is 1. The van der Waals surface area contributed by atoms with Crippen molar-refractivity contribution in [3.63, 3.8) is 0 Å². The second-order valence-electron chi connectivity index (χ2n) is 3.31. The molecule has 0 aromatic carbocycles. The zero-order valence-corrected chi connectivity index (χ0v) is 8.56. The Kier molecular flexibility index (Phi) is 2.19. The number of anilines is 1. The van der Waals surface area contributed by atoms with Crippen LogP contribution in [-0.2, 0) is 0 Å². The summed E-state index contributed by atoms with van der Waals surface area (Å²) in [5.41, 5.74) is 0. The summed E-state index contributed by atoms with van der Waals surface area (Å²) in [6.45, 7) is 4.27. The smallest absolute Gasteiger partial charge is 0.125 e. The number of hydrogen-bond acceptors (Lipinski definition) is 3. The Morgan fingerprint density at radius 3 is 3.00 bits per heavy atom. The van der Waals surface area contributed by atoms with Crippen LogP contribution in [0.2, 0.25) is 0 Å². The van der Waals surface area contributed by atoms with E-state index in [-0.39, 0.29) is 0 Å². The summed E-state index contributed by atoms with van der Waals surface area (Å²) in [6, 6.07) is 6.68. The Labute approximate surface area is 81.6 Å². The first-order chi connectivity index (χ1) is 6.25. The minimum absolute atomic E-state index is 0.480. The molecule has 0 aliphatic carbocycles. The molecule has 2 rings (SSSR count). The van der Waals surface area contributed by atoms with Gasteiger partial charge in [-0.15, -0.1) is 0 Å². The van der Waals surface area contributed by atoms with E-state index < -0.39 is 0 Å². The highest BCUT2D eigenvalue weighted by Gasteiger charge is 2.01. The molecule has 0 aliphatic rings. The summed E-state index contributed by atoms with van der Waals surface area (Å²) >= 11 is 1.70. The van der Waals surface area contributed by atoms with Crippen molar-refractivity contribution in [2.24, 2.45) is 0 Å². The number of thiophene rings is 1. The van der Waals surface area contributed by atoms with E-state index in [4.69, 9.17) is 0 Å². The number of aromatic nitrogens is 1. The molecule has 0 atom stereocenters. The van der Waals surface area contributed by atoms with Crippen molar-refractivity contribution >= 4 is 26.6 Å². The SMILES string of the molecule is CC(C)Nc1cc2cccnc2s1. The Hall–Kier alpha value is -1.09. The van der Waals surface area contributed by atoms with Gasteiger partial charge in [-0.1, -0.05) is 17.4 Å². The van der Waals surface area contributed by atoms with Gasteiger partial charge >= 0.3 is 0 Å². The zero-order valence-electron chi connectivity index (χ0n) is 7.74. The molecular formula is C10H12N2S. The highest BCUT2D eigenvalue weighted by Crippen LogP contribution is 2.27. The van der Waals surface area contributed by atoms with Crippen molar-refractivity contribution in [3.05, 3.63) is 24.4 Å². The Bertz CT molecular complexity index is 373. The summed E-state index contributed by atoms with van der Waals surface area (Å²) in [5, 5.41) is 5.79. The lowest BCUT2D eigenvalue weighted by Gasteiger charge is -2.04. The standard InChI is InChI=1S/C10H12N2S/c1-7(2)12-9-6-8-4-3-5-11-10(8)13-9/h3-7,12H,1-2H3. The average Bonchev–Trinajstić information content (AvgIpc) is 2.44. The number of hydrogen-bond donors (Lipinski definition) is 1. The molecule has 0 radical (unpaired) electrons. The molecule has 2 heterocycles. The topological polar surface area (TPSA) is 24.9 Å². The van der Waals surface area contributed by atoms with Gasteiger partial charge in [0.2, 0.25) is 0 Å². The van der Waals surface area contributed by atoms with Crippen molar-refractivity contribution in [2.45, 2.75) is 19.9 Å². The summed E-state index contributed by atoms with van der Waals surface area (Å²) in [6.07, 6.45) is 1.83. The van der Waals surface area contributed by atoms with Gasteiger partial charge in [0.25, 0.3) is 0 Å². The van der Waals surface area contributed by atoms with Gasteiger partial charge < -0.3 is 5.32 Å². The van der Waals surface area contributed by atoms with Crippen LogP contribution in [0.5, 0.6) is 0 Å². The van der Waals surface area contributed by atoms with Crippen LogP contribution in [0.4, 0.5) is 5.00 Å². The van der Waals surface area contributed by atoms with Crippen molar-refractivity contribution in [3.8, 4) is 0 Å². The number of pyridine rings is 1. The minimum atomic E-state index is 0.480. The molecule has 1 N–H and O–H groups in total. The molecule has 0 saturated carbocycles. The molecule has 0 fully saturated rings. The Balaban J connectivity index is 2.38. The van der Waals surface area contributed by atoms with Crippen molar-refractivity contribution < 1.29 is 0 Å². The monoisotopic (exact) mass is 192 g/mol. The third-order valence-electron chi connectivity index (χ3n) is 1.72. The number of rotatable bonds is 2. The third-order valence-corrected chi connectivity index (χ3v) is 2.71. The van der Waals surface area contributed by atoms with Crippen LogP contribution in [0.15, 0.2) is 24.4 Å². The lowest BCUT2D eigenvalue weighted by atomic mass is 10.3. The van der Waals surface area contributed by atoms with E-state index in [0.29, 0.717) is 6.04 Å². The Morgan fingerprint density at radius 1 is 1.46 bits per heavy atom. The molecule has 0 amide bonds. The van der Waals surface area contributed by atoms with Crippen LogP contribution in [0, 0.1) is 0 Å². The summed E-state index contributed by atoms with van der Waals surface area (Å²) in [7, 11) is 0. The van der Waals surface area contributed by atoms with Gasteiger partial charge in [-0.05, 0) is 26.0 Å². The number of fused-ring (bicyclic) bond motifs is 1. The molecule has 0 spiro atoms.